The zero-order valence-corrected chi connectivity index (χ0v) is 35.0. The van der Waals surface area contributed by atoms with E-state index in [4.69, 9.17) is 18.9 Å². The van der Waals surface area contributed by atoms with Crippen molar-refractivity contribution >= 4 is 0 Å². The van der Waals surface area contributed by atoms with E-state index in [0.29, 0.717) is 48.7 Å². The number of ether oxygens (including phenoxy) is 4. The van der Waals surface area contributed by atoms with Crippen LogP contribution in [0, 0.1) is 23.3 Å². The van der Waals surface area contributed by atoms with Crippen LogP contribution in [0.4, 0.5) is 17.6 Å². The molecule has 0 radical (unpaired) electrons. The third-order valence-corrected chi connectivity index (χ3v) is 11.4. The van der Waals surface area contributed by atoms with Gasteiger partial charge in [0.2, 0.25) is 0 Å². The first-order valence-electron chi connectivity index (χ1n) is 21.3. The van der Waals surface area contributed by atoms with Crippen molar-refractivity contribution in [1.82, 2.24) is 0 Å². The third-order valence-electron chi connectivity index (χ3n) is 11.4. The van der Waals surface area contributed by atoms with Crippen molar-refractivity contribution in [3.8, 4) is 23.0 Å². The van der Waals surface area contributed by atoms with Crippen molar-refractivity contribution < 1.29 is 56.9 Å². The first kappa shape index (κ1) is 46.7. The molecule has 0 amide bonds. The molecule has 0 fully saturated rings. The van der Waals surface area contributed by atoms with Gasteiger partial charge < -0.3 is 39.4 Å². The number of hydrogen-bond acceptors (Lipinski definition) is 8. The average Bonchev–Trinajstić information content (AvgIpc) is 3.27. The van der Waals surface area contributed by atoms with Crippen LogP contribution in [0.3, 0.4) is 0 Å². The predicted octanol–water partition coefficient (Wildman–Crippen LogP) is 9.16. The zero-order chi connectivity index (χ0) is 43.3. The molecule has 0 saturated heterocycles. The lowest BCUT2D eigenvalue weighted by Gasteiger charge is -2.29. The molecule has 0 aliphatic carbocycles. The molecule has 4 heterocycles. The summed E-state index contributed by atoms with van der Waals surface area (Å²) < 4.78 is 74.1. The Hall–Kier alpha value is -4.36. The molecule has 4 aromatic carbocycles. The summed E-state index contributed by atoms with van der Waals surface area (Å²) >= 11 is 0. The van der Waals surface area contributed by atoms with E-state index in [1.54, 1.807) is 24.3 Å². The Labute approximate surface area is 351 Å². The van der Waals surface area contributed by atoms with Crippen LogP contribution in [0.1, 0.15) is 101 Å². The van der Waals surface area contributed by atoms with Gasteiger partial charge in [-0.15, -0.1) is 0 Å². The van der Waals surface area contributed by atoms with Crippen molar-refractivity contribution in [2.45, 2.75) is 154 Å². The highest BCUT2D eigenvalue weighted by Crippen LogP contribution is 2.33. The number of aliphatic hydroxyl groups excluding tert-OH is 4. The Kier molecular flexibility index (Phi) is 17.5. The van der Waals surface area contributed by atoms with Gasteiger partial charge in [-0.1, -0.05) is 27.7 Å². The van der Waals surface area contributed by atoms with Crippen LogP contribution in [0.25, 0.3) is 0 Å². The summed E-state index contributed by atoms with van der Waals surface area (Å²) in [6, 6.07) is 18.1. The van der Waals surface area contributed by atoms with E-state index in [2.05, 4.69) is 0 Å². The Morgan fingerprint density at radius 2 is 0.600 bits per heavy atom. The van der Waals surface area contributed by atoms with E-state index in [1.165, 1.54) is 48.5 Å². The predicted molar refractivity (Wildman–Crippen MR) is 222 cm³/mol. The highest BCUT2D eigenvalue weighted by atomic mass is 19.1. The van der Waals surface area contributed by atoms with Crippen LogP contribution >= 0.6 is 0 Å². The molecule has 0 aromatic heterocycles. The van der Waals surface area contributed by atoms with Crippen LogP contribution in [-0.4, -0.2) is 69.3 Å². The molecule has 0 bridgehead atoms. The van der Waals surface area contributed by atoms with Gasteiger partial charge in [-0.3, -0.25) is 0 Å². The van der Waals surface area contributed by atoms with Crippen molar-refractivity contribution in [2.75, 3.05) is 0 Å². The van der Waals surface area contributed by atoms with Crippen molar-refractivity contribution in [1.29, 1.82) is 0 Å². The molecule has 8 atom stereocenters. The average molecular weight is 841 g/mol. The van der Waals surface area contributed by atoms with Crippen LogP contribution in [0.2, 0.25) is 0 Å². The van der Waals surface area contributed by atoms with E-state index in [9.17, 15) is 38.0 Å². The molecule has 0 spiro atoms. The van der Waals surface area contributed by atoms with Gasteiger partial charge in [0.25, 0.3) is 0 Å². The Morgan fingerprint density at radius 3 is 0.783 bits per heavy atom. The van der Waals surface area contributed by atoms with Crippen molar-refractivity contribution in [3.63, 3.8) is 0 Å². The number of benzene rings is 4. The maximum Gasteiger partial charge on any atom is 0.125 e. The Bertz CT molecular complexity index is 1680. The van der Waals surface area contributed by atoms with Crippen molar-refractivity contribution in [2.24, 2.45) is 0 Å². The number of fused-ring (bicyclic) bond motifs is 4. The Balaban J connectivity index is 0.000000152. The molecular formula is C48H60F4O8. The molecule has 8 nitrogen and oxygen atoms in total. The van der Waals surface area contributed by atoms with Gasteiger partial charge in [0.1, 0.15) is 70.7 Å². The van der Waals surface area contributed by atoms with Gasteiger partial charge in [-0.2, -0.15) is 0 Å². The number of hydrogen-bond donors (Lipinski definition) is 4. The lowest BCUT2D eigenvalue weighted by Crippen LogP contribution is -2.34. The minimum atomic E-state index is -0.428. The summed E-state index contributed by atoms with van der Waals surface area (Å²) in [7, 11) is 0. The number of rotatable bonds is 8. The number of halogens is 4. The van der Waals surface area contributed by atoms with Crippen LogP contribution in [0.15, 0.2) is 72.8 Å². The maximum atomic E-state index is 12.9. The topological polar surface area (TPSA) is 118 Å². The number of aliphatic hydroxyl groups is 4. The fourth-order valence-electron chi connectivity index (χ4n) is 7.65. The van der Waals surface area contributed by atoms with Crippen LogP contribution < -0.4 is 18.9 Å². The van der Waals surface area contributed by atoms with E-state index in [0.717, 1.165) is 73.6 Å². The smallest absolute Gasteiger partial charge is 0.125 e. The molecule has 4 aromatic rings. The summed E-state index contributed by atoms with van der Waals surface area (Å²) in [6.07, 6.45) is 6.55. The maximum absolute atomic E-state index is 12.9. The van der Waals surface area contributed by atoms with Gasteiger partial charge in [-0.25, -0.2) is 17.6 Å². The molecule has 4 N–H and O–H groups in total. The third kappa shape index (κ3) is 12.8. The molecule has 0 saturated carbocycles. The Morgan fingerprint density at radius 1 is 0.400 bits per heavy atom. The van der Waals surface area contributed by atoms with Gasteiger partial charge in [0.05, 0.1) is 24.4 Å². The van der Waals surface area contributed by atoms with E-state index in [1.807, 2.05) is 27.7 Å². The lowest BCUT2D eigenvalue weighted by molar-refractivity contribution is 0.0219. The lowest BCUT2D eigenvalue weighted by atomic mass is 9.98. The van der Waals surface area contributed by atoms with Crippen LogP contribution in [-0.2, 0) is 25.7 Å². The second kappa shape index (κ2) is 22.5. The van der Waals surface area contributed by atoms with E-state index < -0.39 is 24.4 Å². The van der Waals surface area contributed by atoms with Gasteiger partial charge in [0.15, 0.2) is 0 Å². The first-order chi connectivity index (χ1) is 28.8. The van der Waals surface area contributed by atoms with Gasteiger partial charge in [0, 0.05) is 0 Å². The summed E-state index contributed by atoms with van der Waals surface area (Å²) in [4.78, 5) is 0. The summed E-state index contributed by atoms with van der Waals surface area (Å²) in [5.74, 6) is 1.91. The summed E-state index contributed by atoms with van der Waals surface area (Å²) in [5.41, 5.74) is 3.59. The molecule has 12 heteroatoms. The van der Waals surface area contributed by atoms with Gasteiger partial charge in [-0.05, 0) is 172 Å². The number of aryl methyl sites for hydroxylation is 4. The van der Waals surface area contributed by atoms with E-state index >= 15 is 0 Å². The molecular weight excluding hydrogens is 781 g/mol. The zero-order valence-electron chi connectivity index (χ0n) is 35.0. The van der Waals surface area contributed by atoms with Crippen molar-refractivity contribution in [3.05, 3.63) is 118 Å². The molecule has 60 heavy (non-hydrogen) atoms. The monoisotopic (exact) mass is 840 g/mol. The molecule has 4 aliphatic heterocycles. The first-order valence-corrected chi connectivity index (χ1v) is 21.3. The SMILES string of the molecule is CC[C@@H](O)[C@@H]1CCc2cc(F)ccc2O1.CC[C@@H](O)[C@H]1CCc2cc(F)ccc2O1.CC[C@H](O)[C@@H]1CCc2cc(F)ccc2O1.CC[C@H](O)[C@H]1CCc2cc(F)ccc2O1. The quantitative estimate of drug-likeness (QED) is 0.130. The summed E-state index contributed by atoms with van der Waals surface area (Å²) in [6.45, 7) is 7.70. The minimum absolute atomic E-state index is 0.145. The van der Waals surface area contributed by atoms with Crippen LogP contribution in [0.5, 0.6) is 23.0 Å². The second-order valence-corrected chi connectivity index (χ2v) is 15.7. The van der Waals surface area contributed by atoms with Gasteiger partial charge >= 0.3 is 0 Å². The molecule has 0 unspecified atom stereocenters. The molecule has 4 aliphatic rings. The fourth-order valence-corrected chi connectivity index (χ4v) is 7.65. The fraction of sp³-hybridized carbons (Fsp3) is 0.500. The highest BCUT2D eigenvalue weighted by molar-refractivity contribution is 5.38. The standard InChI is InChI=1S/4C12H15FO2/c4*1-2-10(14)12-5-3-8-7-9(13)4-6-11(8)15-12/h4*4,6-7,10,12,14H,2-3,5H2,1H3/t2*10-,12+;2*10-,12-/m1010/s1. The van der Waals surface area contributed by atoms with E-state index in [-0.39, 0.29) is 47.7 Å². The summed E-state index contributed by atoms with van der Waals surface area (Å²) in [5, 5.41) is 38.7. The highest BCUT2D eigenvalue weighted by Gasteiger charge is 2.28. The molecule has 8 rings (SSSR count). The normalized spacial score (nSPS) is 21.7. The molecule has 328 valence electrons. The second-order valence-electron chi connectivity index (χ2n) is 15.7. The largest absolute Gasteiger partial charge is 0.487 e. The minimum Gasteiger partial charge on any atom is -0.487 e.